The zero-order valence-corrected chi connectivity index (χ0v) is 16.3. The highest BCUT2D eigenvalue weighted by atomic mass is 35.5. The lowest BCUT2D eigenvalue weighted by molar-refractivity contribution is -0.140. The lowest BCUT2D eigenvalue weighted by Gasteiger charge is -2.21. The first-order valence-corrected chi connectivity index (χ1v) is 10.3. The van der Waals surface area contributed by atoms with Crippen LogP contribution in [0.2, 0.25) is 10.3 Å². The first kappa shape index (κ1) is 19.9. The largest absolute Gasteiger partial charge is 0.489 e. The Kier molecular flexibility index (Phi) is 5.90. The Morgan fingerprint density at radius 1 is 1.22 bits per heavy atom. The molecule has 144 valence electrons. The second-order valence-corrected chi connectivity index (χ2v) is 8.66. The van der Waals surface area contributed by atoms with Gasteiger partial charge in [-0.25, -0.2) is 13.4 Å². The Morgan fingerprint density at radius 3 is 2.44 bits per heavy atom. The maximum absolute atomic E-state index is 12.7. The molecule has 7 nitrogen and oxygen atoms in total. The summed E-state index contributed by atoms with van der Waals surface area (Å²) in [5.74, 6) is -0.681. The number of pyridine rings is 1. The molecular weight excluding hydrogens is 415 g/mol. The molecule has 0 aliphatic carbocycles. The number of hydrogen-bond donors (Lipinski definition) is 1. The zero-order chi connectivity index (χ0) is 19.6. The highest BCUT2D eigenvalue weighted by Crippen LogP contribution is 2.27. The van der Waals surface area contributed by atoms with E-state index in [1.165, 1.54) is 24.3 Å². The van der Waals surface area contributed by atoms with Crippen LogP contribution in [-0.2, 0) is 21.4 Å². The van der Waals surface area contributed by atoms with Gasteiger partial charge in [0.1, 0.15) is 28.7 Å². The van der Waals surface area contributed by atoms with Crippen LogP contribution in [0.15, 0.2) is 41.3 Å². The van der Waals surface area contributed by atoms with Crippen molar-refractivity contribution in [1.29, 1.82) is 0 Å². The van der Waals surface area contributed by atoms with E-state index in [2.05, 4.69) is 4.98 Å². The lowest BCUT2D eigenvalue weighted by Crippen LogP contribution is -2.40. The second kappa shape index (κ2) is 8.02. The molecule has 1 aliphatic rings. The van der Waals surface area contributed by atoms with Crippen molar-refractivity contribution in [2.45, 2.75) is 30.4 Å². The zero-order valence-electron chi connectivity index (χ0n) is 14.0. The van der Waals surface area contributed by atoms with E-state index in [4.69, 9.17) is 27.9 Å². The fraction of sp³-hybridized carbons (Fsp3) is 0.294. The summed E-state index contributed by atoms with van der Waals surface area (Å²) < 4.78 is 32.0. The minimum Gasteiger partial charge on any atom is -0.489 e. The van der Waals surface area contributed by atoms with Crippen molar-refractivity contribution in [2.24, 2.45) is 0 Å². The smallest absolute Gasteiger partial charge is 0.322 e. The van der Waals surface area contributed by atoms with Gasteiger partial charge in [-0.2, -0.15) is 4.31 Å². The van der Waals surface area contributed by atoms with Gasteiger partial charge in [-0.1, -0.05) is 23.2 Å². The van der Waals surface area contributed by atoms with Crippen LogP contribution in [0.3, 0.4) is 0 Å². The number of nitrogens with zero attached hydrogens (tertiary/aromatic N) is 2. The summed E-state index contributed by atoms with van der Waals surface area (Å²) in [6.45, 7) is 0.377. The average Bonchev–Trinajstić information content (AvgIpc) is 3.10. The van der Waals surface area contributed by atoms with Crippen molar-refractivity contribution >= 4 is 39.2 Å². The highest BCUT2D eigenvalue weighted by molar-refractivity contribution is 7.89. The molecule has 0 bridgehead atoms. The summed E-state index contributed by atoms with van der Waals surface area (Å²) in [6.07, 6.45) is 0.835. The van der Waals surface area contributed by atoms with Gasteiger partial charge >= 0.3 is 5.97 Å². The summed E-state index contributed by atoms with van der Waals surface area (Å²) in [5, 5.41) is 9.71. The van der Waals surface area contributed by atoms with Crippen LogP contribution in [0.25, 0.3) is 0 Å². The van der Waals surface area contributed by atoms with Crippen LogP contribution in [0.4, 0.5) is 0 Å². The lowest BCUT2D eigenvalue weighted by atomic mass is 10.2. The minimum absolute atomic E-state index is 0.0259. The first-order chi connectivity index (χ1) is 12.8. The van der Waals surface area contributed by atoms with Crippen LogP contribution >= 0.6 is 23.2 Å². The van der Waals surface area contributed by atoms with Crippen LogP contribution in [0, 0.1) is 0 Å². The number of sulfonamides is 1. The molecule has 1 aromatic carbocycles. The SMILES string of the molecule is O=C(O)[C@H]1CCCN1S(=O)(=O)c1ccc(OCc2cc(Cl)nc(Cl)c2)cc1. The number of aromatic nitrogens is 1. The number of rotatable bonds is 6. The maximum atomic E-state index is 12.7. The molecule has 1 saturated heterocycles. The normalized spacial score (nSPS) is 17.8. The van der Waals surface area contributed by atoms with Crippen molar-refractivity contribution in [3.05, 3.63) is 52.3 Å². The van der Waals surface area contributed by atoms with E-state index in [1.54, 1.807) is 12.1 Å². The number of ether oxygens (including phenoxy) is 1. The standard InChI is InChI=1S/C17H16Cl2N2O5S/c18-15-8-11(9-16(19)20-15)10-26-12-3-5-13(6-4-12)27(24,25)21-7-1-2-14(21)17(22)23/h3-6,8-9,14H,1-2,7,10H2,(H,22,23)/t14-/m1/s1. The molecule has 2 aromatic rings. The van der Waals surface area contributed by atoms with Gasteiger partial charge < -0.3 is 9.84 Å². The molecule has 1 atom stereocenters. The number of carboxylic acid groups (broad SMARTS) is 1. The van der Waals surface area contributed by atoms with E-state index in [-0.39, 0.29) is 28.4 Å². The number of halogens is 2. The van der Waals surface area contributed by atoms with E-state index < -0.39 is 22.0 Å². The van der Waals surface area contributed by atoms with Gasteiger partial charge in [-0.3, -0.25) is 4.79 Å². The van der Waals surface area contributed by atoms with E-state index in [9.17, 15) is 18.3 Å². The van der Waals surface area contributed by atoms with Gasteiger partial charge in [0, 0.05) is 6.54 Å². The van der Waals surface area contributed by atoms with Gasteiger partial charge in [-0.15, -0.1) is 0 Å². The number of carboxylic acids is 1. The van der Waals surface area contributed by atoms with Crippen LogP contribution in [0.5, 0.6) is 5.75 Å². The summed E-state index contributed by atoms with van der Waals surface area (Å²) >= 11 is 11.7. The molecule has 1 aromatic heterocycles. The fourth-order valence-electron chi connectivity index (χ4n) is 2.88. The molecule has 1 fully saturated rings. The van der Waals surface area contributed by atoms with Crippen molar-refractivity contribution < 1.29 is 23.1 Å². The monoisotopic (exact) mass is 430 g/mol. The fourth-order valence-corrected chi connectivity index (χ4v) is 5.04. The first-order valence-electron chi connectivity index (χ1n) is 8.07. The molecule has 1 aliphatic heterocycles. The molecule has 3 rings (SSSR count). The van der Waals surface area contributed by atoms with E-state index in [0.29, 0.717) is 18.6 Å². The third kappa shape index (κ3) is 4.52. The molecule has 0 radical (unpaired) electrons. The number of carbonyl (C=O) groups is 1. The van der Waals surface area contributed by atoms with Crippen LogP contribution in [-0.4, -0.2) is 41.4 Å². The molecular formula is C17H16Cl2N2O5S. The Morgan fingerprint density at radius 2 is 1.85 bits per heavy atom. The molecule has 2 heterocycles. The van der Waals surface area contributed by atoms with Crippen molar-refractivity contribution in [3.63, 3.8) is 0 Å². The summed E-state index contributed by atoms with van der Waals surface area (Å²) in [5.41, 5.74) is 0.720. The predicted octanol–water partition coefficient (Wildman–Crippen LogP) is 3.21. The third-order valence-corrected chi connectivity index (χ3v) is 6.46. The number of benzene rings is 1. The predicted molar refractivity (Wildman–Crippen MR) is 99.6 cm³/mol. The average molecular weight is 431 g/mol. The summed E-state index contributed by atoms with van der Waals surface area (Å²) in [6, 6.07) is 8.04. The Hall–Kier alpha value is -1.87. The van der Waals surface area contributed by atoms with Gasteiger partial charge in [-0.05, 0) is 54.8 Å². The summed E-state index contributed by atoms with van der Waals surface area (Å²) in [4.78, 5) is 15.1. The maximum Gasteiger partial charge on any atom is 0.322 e. The molecule has 10 heteroatoms. The molecule has 1 N–H and O–H groups in total. The molecule has 27 heavy (non-hydrogen) atoms. The van der Waals surface area contributed by atoms with Gasteiger partial charge in [0.15, 0.2) is 0 Å². The second-order valence-electron chi connectivity index (χ2n) is 5.99. The van der Waals surface area contributed by atoms with Gasteiger partial charge in [0.05, 0.1) is 4.90 Å². The summed E-state index contributed by atoms with van der Waals surface area (Å²) in [7, 11) is -3.87. The Bertz CT molecular complexity index is 930. The van der Waals surface area contributed by atoms with Crippen molar-refractivity contribution in [2.75, 3.05) is 6.54 Å². The van der Waals surface area contributed by atoms with Crippen molar-refractivity contribution in [1.82, 2.24) is 9.29 Å². The van der Waals surface area contributed by atoms with Crippen LogP contribution in [0.1, 0.15) is 18.4 Å². The molecule has 0 amide bonds. The number of hydrogen-bond acceptors (Lipinski definition) is 5. The Balaban J connectivity index is 1.72. The topological polar surface area (TPSA) is 96.8 Å². The van der Waals surface area contributed by atoms with E-state index in [0.717, 1.165) is 9.87 Å². The molecule has 0 spiro atoms. The number of aliphatic carboxylic acids is 1. The molecule has 0 unspecified atom stereocenters. The Labute approximate surface area is 166 Å². The van der Waals surface area contributed by atoms with Crippen molar-refractivity contribution in [3.8, 4) is 5.75 Å². The van der Waals surface area contributed by atoms with E-state index >= 15 is 0 Å². The third-order valence-electron chi connectivity index (χ3n) is 4.15. The highest BCUT2D eigenvalue weighted by Gasteiger charge is 2.39. The van der Waals surface area contributed by atoms with E-state index in [1.807, 2.05) is 0 Å². The molecule has 0 saturated carbocycles. The van der Waals surface area contributed by atoms with Crippen LogP contribution < -0.4 is 4.74 Å². The van der Waals surface area contributed by atoms with Gasteiger partial charge in [0.25, 0.3) is 0 Å². The minimum atomic E-state index is -3.87. The van der Waals surface area contributed by atoms with Gasteiger partial charge in [0.2, 0.25) is 10.0 Å². The quantitative estimate of drug-likeness (QED) is 0.706.